The van der Waals surface area contributed by atoms with Crippen LogP contribution >= 0.6 is 10.9 Å². The van der Waals surface area contributed by atoms with Gasteiger partial charge in [0.15, 0.2) is 0 Å². The van der Waals surface area contributed by atoms with Crippen LogP contribution in [0.2, 0.25) is 0 Å². The van der Waals surface area contributed by atoms with E-state index in [1.165, 1.54) is 0 Å². The molecule has 1 aliphatic rings. The van der Waals surface area contributed by atoms with Gasteiger partial charge in [-0.25, -0.2) is 10.9 Å². The summed E-state index contributed by atoms with van der Waals surface area (Å²) < 4.78 is 0. The molecule has 3 N–H and O–H groups in total. The van der Waals surface area contributed by atoms with Crippen LogP contribution in [0.3, 0.4) is 0 Å². The van der Waals surface area contributed by atoms with Crippen molar-refractivity contribution in [1.82, 2.24) is 0 Å². The summed E-state index contributed by atoms with van der Waals surface area (Å²) in [6, 6.07) is -0.714. The van der Waals surface area contributed by atoms with Crippen molar-refractivity contribution in [2.75, 3.05) is 5.75 Å². The molecule has 0 aromatic heterocycles. The summed E-state index contributed by atoms with van der Waals surface area (Å²) >= 11 is 0. The SMILES string of the molecule is NC(C[SH]1C=CC=C1)C(=O)O. The van der Waals surface area contributed by atoms with Gasteiger partial charge in [-0.05, 0) is 10.8 Å². The first-order chi connectivity index (χ1) is 5.20. The highest BCUT2D eigenvalue weighted by Crippen LogP contribution is 2.32. The number of allylic oxidation sites excluding steroid dienone is 2. The molecule has 0 spiro atoms. The molecular weight excluding hydrogens is 162 g/mol. The standard InChI is InChI=1S/C7H11NO2S/c8-6(7(9)10)5-11-3-1-2-4-11/h1-4,6,11H,5,8H2,(H,9,10). The second kappa shape index (κ2) is 3.59. The molecule has 3 nitrogen and oxygen atoms in total. The Morgan fingerprint density at radius 3 is 2.55 bits per heavy atom. The zero-order chi connectivity index (χ0) is 8.27. The third kappa shape index (κ3) is 2.40. The normalized spacial score (nSPS) is 20.6. The number of thiol groups is 1. The lowest BCUT2D eigenvalue weighted by Gasteiger charge is -2.12. The molecule has 1 atom stereocenters. The number of hydrogen-bond acceptors (Lipinski definition) is 2. The van der Waals surface area contributed by atoms with E-state index in [1.807, 2.05) is 23.0 Å². The molecule has 0 aromatic rings. The second-order valence-corrected chi connectivity index (χ2v) is 4.31. The van der Waals surface area contributed by atoms with Crippen LogP contribution in [0.5, 0.6) is 0 Å². The molecule has 1 rings (SSSR count). The van der Waals surface area contributed by atoms with Crippen LogP contribution < -0.4 is 5.73 Å². The second-order valence-electron chi connectivity index (χ2n) is 2.32. The Labute approximate surface area is 67.9 Å². The molecule has 4 heteroatoms. The van der Waals surface area contributed by atoms with E-state index in [9.17, 15) is 4.79 Å². The monoisotopic (exact) mass is 173 g/mol. The first-order valence-corrected chi connectivity index (χ1v) is 4.96. The summed E-state index contributed by atoms with van der Waals surface area (Å²) in [7, 11) is -0.384. The van der Waals surface area contributed by atoms with Crippen molar-refractivity contribution < 1.29 is 9.90 Å². The summed E-state index contributed by atoms with van der Waals surface area (Å²) in [5, 5.41) is 12.5. The van der Waals surface area contributed by atoms with E-state index in [4.69, 9.17) is 10.8 Å². The fraction of sp³-hybridized carbons (Fsp3) is 0.286. The molecule has 0 aromatic carbocycles. The largest absolute Gasteiger partial charge is 0.480 e. The number of aliphatic carboxylic acids is 1. The van der Waals surface area contributed by atoms with Crippen molar-refractivity contribution in [3.8, 4) is 0 Å². The van der Waals surface area contributed by atoms with Crippen LogP contribution in [0.1, 0.15) is 0 Å². The van der Waals surface area contributed by atoms with Gasteiger partial charge in [0.2, 0.25) is 0 Å². The molecule has 1 aliphatic heterocycles. The van der Waals surface area contributed by atoms with Crippen LogP contribution in [0.15, 0.2) is 23.0 Å². The number of rotatable bonds is 3. The minimum absolute atomic E-state index is 0.384. The van der Waals surface area contributed by atoms with Crippen LogP contribution in [0.25, 0.3) is 0 Å². The molecule has 11 heavy (non-hydrogen) atoms. The van der Waals surface area contributed by atoms with Gasteiger partial charge in [-0.2, -0.15) is 0 Å². The van der Waals surface area contributed by atoms with Gasteiger partial charge in [0, 0.05) is 5.75 Å². The molecule has 0 amide bonds. The third-order valence-corrected chi connectivity index (χ3v) is 3.32. The molecule has 0 fully saturated rings. The Morgan fingerprint density at radius 2 is 2.09 bits per heavy atom. The Balaban J connectivity index is 2.36. The van der Waals surface area contributed by atoms with Crippen molar-refractivity contribution in [3.05, 3.63) is 23.0 Å². The van der Waals surface area contributed by atoms with E-state index in [1.54, 1.807) is 0 Å². The molecule has 0 saturated carbocycles. The average Bonchev–Trinajstić information content (AvgIpc) is 2.39. The van der Waals surface area contributed by atoms with E-state index in [2.05, 4.69) is 0 Å². The molecule has 0 saturated heterocycles. The van der Waals surface area contributed by atoms with Gasteiger partial charge in [-0.15, -0.1) is 0 Å². The number of carbonyl (C=O) groups is 1. The minimum atomic E-state index is -0.916. The summed E-state index contributed by atoms with van der Waals surface area (Å²) in [5.74, 6) is -0.362. The predicted molar refractivity (Wildman–Crippen MR) is 47.7 cm³/mol. The highest BCUT2D eigenvalue weighted by molar-refractivity contribution is 8.22. The van der Waals surface area contributed by atoms with E-state index < -0.39 is 12.0 Å². The Kier molecular flexibility index (Phi) is 2.73. The lowest BCUT2D eigenvalue weighted by Crippen LogP contribution is -2.33. The predicted octanol–water partition coefficient (Wildman–Crippen LogP) is 0.441. The van der Waals surface area contributed by atoms with E-state index in [0.717, 1.165) is 0 Å². The molecule has 0 bridgehead atoms. The van der Waals surface area contributed by atoms with Gasteiger partial charge in [0.05, 0.1) is 0 Å². The fourth-order valence-corrected chi connectivity index (χ4v) is 2.39. The number of carboxylic acids is 1. The van der Waals surface area contributed by atoms with Gasteiger partial charge < -0.3 is 10.8 Å². The van der Waals surface area contributed by atoms with Crippen LogP contribution in [0, 0.1) is 0 Å². The first kappa shape index (κ1) is 8.36. The highest BCUT2D eigenvalue weighted by Gasteiger charge is 2.13. The number of hydrogen-bond donors (Lipinski definition) is 3. The summed E-state index contributed by atoms with van der Waals surface area (Å²) in [4.78, 5) is 10.3. The van der Waals surface area contributed by atoms with E-state index in [0.29, 0.717) is 5.75 Å². The quantitative estimate of drug-likeness (QED) is 0.543. The molecule has 0 radical (unpaired) electrons. The van der Waals surface area contributed by atoms with Crippen molar-refractivity contribution in [3.63, 3.8) is 0 Å². The Morgan fingerprint density at radius 1 is 1.55 bits per heavy atom. The van der Waals surface area contributed by atoms with E-state index >= 15 is 0 Å². The third-order valence-electron chi connectivity index (χ3n) is 1.39. The van der Waals surface area contributed by atoms with Crippen molar-refractivity contribution in [2.24, 2.45) is 5.73 Å². The van der Waals surface area contributed by atoms with Gasteiger partial charge in [0.25, 0.3) is 0 Å². The molecule has 62 valence electrons. The van der Waals surface area contributed by atoms with Gasteiger partial charge in [0.1, 0.15) is 6.04 Å². The number of carboxylic acid groups (broad SMARTS) is 1. The van der Waals surface area contributed by atoms with Crippen molar-refractivity contribution >= 4 is 16.9 Å². The minimum Gasteiger partial charge on any atom is -0.480 e. The Hall–Kier alpha value is -0.740. The van der Waals surface area contributed by atoms with Gasteiger partial charge >= 0.3 is 5.97 Å². The zero-order valence-corrected chi connectivity index (χ0v) is 6.87. The lowest BCUT2D eigenvalue weighted by atomic mass is 10.4. The fourth-order valence-electron chi connectivity index (χ4n) is 0.797. The maximum absolute atomic E-state index is 10.3. The van der Waals surface area contributed by atoms with Crippen molar-refractivity contribution in [2.45, 2.75) is 6.04 Å². The maximum atomic E-state index is 10.3. The Bertz CT molecular complexity index is 200. The van der Waals surface area contributed by atoms with Crippen LogP contribution in [-0.4, -0.2) is 22.9 Å². The maximum Gasteiger partial charge on any atom is 0.321 e. The zero-order valence-electron chi connectivity index (χ0n) is 5.97. The molecular formula is C7H11NO2S. The van der Waals surface area contributed by atoms with E-state index in [-0.39, 0.29) is 10.9 Å². The molecule has 1 heterocycles. The first-order valence-electron chi connectivity index (χ1n) is 3.29. The summed E-state index contributed by atoms with van der Waals surface area (Å²) in [6.07, 6.45) is 3.86. The molecule has 1 unspecified atom stereocenters. The van der Waals surface area contributed by atoms with Crippen LogP contribution in [-0.2, 0) is 4.79 Å². The van der Waals surface area contributed by atoms with Crippen LogP contribution in [0.4, 0.5) is 0 Å². The summed E-state index contributed by atoms with van der Waals surface area (Å²) in [6.45, 7) is 0. The lowest BCUT2D eigenvalue weighted by molar-refractivity contribution is -0.137. The average molecular weight is 173 g/mol. The topological polar surface area (TPSA) is 63.3 Å². The smallest absolute Gasteiger partial charge is 0.321 e. The van der Waals surface area contributed by atoms with Crippen molar-refractivity contribution in [1.29, 1.82) is 0 Å². The van der Waals surface area contributed by atoms with Gasteiger partial charge in [-0.1, -0.05) is 12.2 Å². The highest BCUT2D eigenvalue weighted by atomic mass is 32.2. The number of nitrogens with two attached hydrogens (primary N) is 1. The molecule has 0 aliphatic carbocycles. The van der Waals surface area contributed by atoms with Gasteiger partial charge in [-0.3, -0.25) is 4.79 Å². The summed E-state index contributed by atoms with van der Waals surface area (Å²) in [5.41, 5.74) is 5.35.